The molecule has 0 saturated heterocycles. The van der Waals surface area contributed by atoms with E-state index < -0.39 is 6.10 Å². The molecule has 0 aromatic heterocycles. The molecule has 0 heterocycles. The number of unbranched alkanes of at least 4 members (excludes halogenated alkanes) is 35. The normalized spacial score (nSPS) is 12.4. The van der Waals surface area contributed by atoms with Crippen molar-refractivity contribution in [3.8, 4) is 0 Å². The maximum absolute atomic E-state index is 12.8. The molecule has 0 aliphatic heterocycles. The van der Waals surface area contributed by atoms with Crippen molar-refractivity contribution in [1.29, 1.82) is 0 Å². The largest absolute Gasteiger partial charge is 0.462 e. The molecule has 0 aliphatic carbocycles. The number of esters is 3. The number of hydrogen-bond acceptors (Lipinski definition) is 6. The van der Waals surface area contributed by atoms with Crippen molar-refractivity contribution in [2.45, 2.75) is 322 Å². The summed E-state index contributed by atoms with van der Waals surface area (Å²) in [5.41, 5.74) is 0. The van der Waals surface area contributed by atoms with E-state index >= 15 is 0 Å². The third-order valence-electron chi connectivity index (χ3n) is 13.5. The van der Waals surface area contributed by atoms with Crippen molar-refractivity contribution in [3.05, 3.63) is 60.8 Å². The van der Waals surface area contributed by atoms with Crippen molar-refractivity contribution in [1.82, 2.24) is 0 Å². The molecule has 412 valence electrons. The van der Waals surface area contributed by atoms with E-state index in [1.807, 2.05) is 0 Å². The van der Waals surface area contributed by atoms with Crippen molar-refractivity contribution in [3.63, 3.8) is 0 Å². The molecular formula is C65H116O6. The van der Waals surface area contributed by atoms with Crippen molar-refractivity contribution in [2.75, 3.05) is 13.2 Å². The van der Waals surface area contributed by atoms with Gasteiger partial charge in [0.1, 0.15) is 13.2 Å². The molecule has 6 nitrogen and oxygen atoms in total. The highest BCUT2D eigenvalue weighted by atomic mass is 16.6. The van der Waals surface area contributed by atoms with Crippen LogP contribution >= 0.6 is 0 Å². The van der Waals surface area contributed by atoms with Crippen molar-refractivity contribution < 1.29 is 28.6 Å². The Morgan fingerprint density at radius 1 is 0.296 bits per heavy atom. The Balaban J connectivity index is 4.11. The number of rotatable bonds is 56. The number of allylic oxidation sites excluding steroid dienone is 10. The fourth-order valence-electron chi connectivity index (χ4n) is 8.94. The second-order valence-corrected chi connectivity index (χ2v) is 20.6. The molecular weight excluding hydrogens is 877 g/mol. The minimum Gasteiger partial charge on any atom is -0.462 e. The van der Waals surface area contributed by atoms with Crippen LogP contribution in [-0.4, -0.2) is 37.2 Å². The molecule has 6 heteroatoms. The highest BCUT2D eigenvalue weighted by molar-refractivity contribution is 5.71. The van der Waals surface area contributed by atoms with Gasteiger partial charge in [0.15, 0.2) is 6.10 Å². The Morgan fingerprint density at radius 2 is 0.549 bits per heavy atom. The van der Waals surface area contributed by atoms with Crippen molar-refractivity contribution in [2.24, 2.45) is 0 Å². The summed E-state index contributed by atoms with van der Waals surface area (Å²) >= 11 is 0. The van der Waals surface area contributed by atoms with Gasteiger partial charge in [0.2, 0.25) is 0 Å². The molecule has 1 atom stereocenters. The van der Waals surface area contributed by atoms with Crippen LogP contribution in [0.15, 0.2) is 60.8 Å². The maximum atomic E-state index is 12.8. The smallest absolute Gasteiger partial charge is 0.306 e. The van der Waals surface area contributed by atoms with Crippen LogP contribution in [0.3, 0.4) is 0 Å². The fourth-order valence-corrected chi connectivity index (χ4v) is 8.94. The summed E-state index contributed by atoms with van der Waals surface area (Å²) in [6.07, 6.45) is 75.3. The molecule has 1 unspecified atom stereocenters. The number of carbonyl (C=O) groups excluding carboxylic acids is 3. The molecule has 0 rings (SSSR count). The number of ether oxygens (including phenoxy) is 3. The van der Waals surface area contributed by atoms with Gasteiger partial charge in [-0.2, -0.15) is 0 Å². The van der Waals surface area contributed by atoms with Crippen LogP contribution < -0.4 is 0 Å². The first-order valence-electron chi connectivity index (χ1n) is 30.8. The minimum absolute atomic E-state index is 0.0692. The van der Waals surface area contributed by atoms with Gasteiger partial charge in [0, 0.05) is 19.3 Å². The topological polar surface area (TPSA) is 78.9 Å². The molecule has 0 aromatic rings. The van der Waals surface area contributed by atoms with E-state index in [4.69, 9.17) is 14.2 Å². The lowest BCUT2D eigenvalue weighted by atomic mass is 10.0. The SMILES string of the molecule is CC/C=C\C/C=C\C/C=C\C/C=C\C/C=C\CCCCCCCCCCCCCCCC(=O)OCC(COC(=O)CCCCCCCCCC)OC(=O)CCCCCCCCCCCCCCCCCC. The Bertz CT molecular complexity index is 1280. The molecule has 0 spiro atoms. The predicted molar refractivity (Wildman–Crippen MR) is 307 cm³/mol. The summed E-state index contributed by atoms with van der Waals surface area (Å²) in [5.74, 6) is -0.858. The summed E-state index contributed by atoms with van der Waals surface area (Å²) < 4.78 is 16.8. The van der Waals surface area contributed by atoms with Gasteiger partial charge in [0.25, 0.3) is 0 Å². The summed E-state index contributed by atoms with van der Waals surface area (Å²) in [6.45, 7) is 6.53. The zero-order valence-electron chi connectivity index (χ0n) is 47.2. The van der Waals surface area contributed by atoms with Gasteiger partial charge in [0.05, 0.1) is 0 Å². The van der Waals surface area contributed by atoms with Gasteiger partial charge in [-0.15, -0.1) is 0 Å². The van der Waals surface area contributed by atoms with E-state index in [0.29, 0.717) is 19.3 Å². The van der Waals surface area contributed by atoms with Crippen LogP contribution in [0, 0.1) is 0 Å². The zero-order chi connectivity index (χ0) is 51.4. The first-order valence-corrected chi connectivity index (χ1v) is 30.8. The van der Waals surface area contributed by atoms with Gasteiger partial charge in [-0.3, -0.25) is 14.4 Å². The van der Waals surface area contributed by atoms with Crippen LogP contribution in [0.1, 0.15) is 316 Å². The second kappa shape index (κ2) is 59.7. The van der Waals surface area contributed by atoms with E-state index in [1.165, 1.54) is 186 Å². The lowest BCUT2D eigenvalue weighted by molar-refractivity contribution is -0.167. The van der Waals surface area contributed by atoms with E-state index in [2.05, 4.69) is 81.5 Å². The third-order valence-corrected chi connectivity index (χ3v) is 13.5. The van der Waals surface area contributed by atoms with Gasteiger partial charge < -0.3 is 14.2 Å². The van der Waals surface area contributed by atoms with Gasteiger partial charge in [-0.25, -0.2) is 0 Å². The zero-order valence-corrected chi connectivity index (χ0v) is 47.2. The molecule has 71 heavy (non-hydrogen) atoms. The Kier molecular flexibility index (Phi) is 57.2. The molecule has 0 radical (unpaired) electrons. The van der Waals surface area contributed by atoms with Gasteiger partial charge >= 0.3 is 17.9 Å². The van der Waals surface area contributed by atoms with E-state index in [0.717, 1.165) is 89.9 Å². The van der Waals surface area contributed by atoms with Crippen LogP contribution in [0.2, 0.25) is 0 Å². The van der Waals surface area contributed by atoms with E-state index in [1.54, 1.807) is 0 Å². The predicted octanol–water partition coefficient (Wildman–Crippen LogP) is 20.8. The highest BCUT2D eigenvalue weighted by Crippen LogP contribution is 2.17. The highest BCUT2D eigenvalue weighted by Gasteiger charge is 2.19. The van der Waals surface area contributed by atoms with Crippen LogP contribution in [0.4, 0.5) is 0 Å². The van der Waals surface area contributed by atoms with Crippen LogP contribution in [0.25, 0.3) is 0 Å². The van der Waals surface area contributed by atoms with Crippen LogP contribution in [0.5, 0.6) is 0 Å². The molecule has 0 aromatic carbocycles. The quantitative estimate of drug-likeness (QED) is 0.0261. The molecule has 0 fully saturated rings. The summed E-state index contributed by atoms with van der Waals surface area (Å²) in [7, 11) is 0. The standard InChI is InChI=1S/C65H116O6/c1-4-7-10-13-16-19-21-23-25-27-28-29-30-31-32-33-34-35-36-37-38-39-41-42-44-46-49-52-55-58-64(67)70-61-62(60-69-63(66)57-54-51-48-18-15-12-9-6-3)71-65(68)59-56-53-50-47-45-43-40-26-24-22-20-17-14-11-8-5-2/h7,10,16,19,23,25,28-29,31-32,62H,4-6,8-9,11-15,17-18,20-22,24,26-27,30,33-61H2,1-3H3/b10-7-,19-16-,25-23-,29-28-,32-31-. The first kappa shape index (κ1) is 68.1. The summed E-state index contributed by atoms with van der Waals surface area (Å²) in [4.78, 5) is 38.1. The van der Waals surface area contributed by atoms with E-state index in [-0.39, 0.29) is 31.1 Å². The summed E-state index contributed by atoms with van der Waals surface area (Å²) in [6, 6.07) is 0. The molecule has 0 aliphatic rings. The van der Waals surface area contributed by atoms with E-state index in [9.17, 15) is 14.4 Å². The lowest BCUT2D eigenvalue weighted by Gasteiger charge is -2.18. The molecule has 0 bridgehead atoms. The average Bonchev–Trinajstić information content (AvgIpc) is 3.37. The average molecular weight is 994 g/mol. The monoisotopic (exact) mass is 993 g/mol. The first-order chi connectivity index (χ1) is 35.0. The third kappa shape index (κ3) is 57.9. The Labute approximate surface area is 440 Å². The van der Waals surface area contributed by atoms with Crippen molar-refractivity contribution >= 4 is 17.9 Å². The van der Waals surface area contributed by atoms with Gasteiger partial charge in [-0.1, -0.05) is 293 Å². The fraction of sp³-hybridized carbons (Fsp3) is 0.800. The van der Waals surface area contributed by atoms with Crippen LogP contribution in [-0.2, 0) is 28.6 Å². The second-order valence-electron chi connectivity index (χ2n) is 20.6. The molecule has 0 amide bonds. The van der Waals surface area contributed by atoms with Gasteiger partial charge in [-0.05, 0) is 64.2 Å². The maximum Gasteiger partial charge on any atom is 0.306 e. The summed E-state index contributed by atoms with van der Waals surface area (Å²) in [5, 5.41) is 0. The minimum atomic E-state index is -0.768. The number of carbonyl (C=O) groups is 3. The number of hydrogen-bond donors (Lipinski definition) is 0. The molecule has 0 N–H and O–H groups in total. The lowest BCUT2D eigenvalue weighted by Crippen LogP contribution is -2.30. The molecule has 0 saturated carbocycles. The Hall–Kier alpha value is -2.89. The Morgan fingerprint density at radius 3 is 0.859 bits per heavy atom.